The quantitative estimate of drug-likeness (QED) is 0.856. The second kappa shape index (κ2) is 5.60. The molecule has 0 radical (unpaired) electrons. The van der Waals surface area contributed by atoms with Gasteiger partial charge < -0.3 is 5.73 Å². The second-order valence-electron chi connectivity index (χ2n) is 4.15. The smallest absolute Gasteiger partial charge is 0.123 e. The molecular formula is C15H16FN. The molecule has 0 atom stereocenters. The van der Waals surface area contributed by atoms with Gasteiger partial charge in [0.05, 0.1) is 0 Å². The third kappa shape index (κ3) is 3.40. The average Bonchev–Trinajstić information content (AvgIpc) is 2.37. The van der Waals surface area contributed by atoms with E-state index in [9.17, 15) is 4.39 Å². The Balaban J connectivity index is 1.97. The molecule has 0 aliphatic carbocycles. The molecule has 1 nitrogen and oxygen atoms in total. The van der Waals surface area contributed by atoms with Crippen LogP contribution in [-0.2, 0) is 19.4 Å². The zero-order valence-corrected chi connectivity index (χ0v) is 9.70. The number of hydrogen-bond acceptors (Lipinski definition) is 1. The molecule has 2 N–H and O–H groups in total. The predicted octanol–water partition coefficient (Wildman–Crippen LogP) is 3.07. The molecule has 0 aromatic heterocycles. The highest BCUT2D eigenvalue weighted by Crippen LogP contribution is 2.10. The van der Waals surface area contributed by atoms with Crippen LogP contribution in [0.15, 0.2) is 48.5 Å². The van der Waals surface area contributed by atoms with Crippen molar-refractivity contribution >= 4 is 0 Å². The molecule has 0 aliphatic heterocycles. The van der Waals surface area contributed by atoms with Crippen LogP contribution in [0.25, 0.3) is 0 Å². The van der Waals surface area contributed by atoms with Crippen molar-refractivity contribution in [3.8, 4) is 0 Å². The van der Waals surface area contributed by atoms with Crippen molar-refractivity contribution in [1.29, 1.82) is 0 Å². The molecule has 0 fully saturated rings. The predicted molar refractivity (Wildman–Crippen MR) is 68.1 cm³/mol. The van der Waals surface area contributed by atoms with Crippen LogP contribution in [0.2, 0.25) is 0 Å². The van der Waals surface area contributed by atoms with E-state index in [1.54, 1.807) is 12.1 Å². The fraction of sp³-hybridized carbons (Fsp3) is 0.200. The summed E-state index contributed by atoms with van der Waals surface area (Å²) in [6.07, 6.45) is 1.79. The van der Waals surface area contributed by atoms with Crippen LogP contribution in [0.5, 0.6) is 0 Å². The van der Waals surface area contributed by atoms with E-state index < -0.39 is 0 Å². The molecule has 0 amide bonds. The molecule has 88 valence electrons. The highest BCUT2D eigenvalue weighted by Gasteiger charge is 1.98. The van der Waals surface area contributed by atoms with Gasteiger partial charge in [0.1, 0.15) is 5.82 Å². The van der Waals surface area contributed by atoms with Crippen molar-refractivity contribution in [3.05, 3.63) is 71.0 Å². The van der Waals surface area contributed by atoms with E-state index in [1.807, 2.05) is 18.2 Å². The summed E-state index contributed by atoms with van der Waals surface area (Å²) >= 11 is 0. The maximum absolute atomic E-state index is 13.0. The van der Waals surface area contributed by atoms with Crippen LogP contribution in [0.1, 0.15) is 16.7 Å². The first kappa shape index (κ1) is 11.8. The summed E-state index contributed by atoms with van der Waals surface area (Å²) in [5.41, 5.74) is 8.97. The van der Waals surface area contributed by atoms with E-state index in [4.69, 9.17) is 5.73 Å². The van der Waals surface area contributed by atoms with Gasteiger partial charge in [0, 0.05) is 6.54 Å². The van der Waals surface area contributed by atoms with Crippen LogP contribution in [0.4, 0.5) is 4.39 Å². The van der Waals surface area contributed by atoms with E-state index in [0.717, 1.165) is 24.0 Å². The molecular weight excluding hydrogens is 213 g/mol. The Hall–Kier alpha value is -1.67. The largest absolute Gasteiger partial charge is 0.326 e. The maximum Gasteiger partial charge on any atom is 0.123 e. The Morgan fingerprint density at radius 2 is 1.47 bits per heavy atom. The first-order valence-electron chi connectivity index (χ1n) is 5.80. The van der Waals surface area contributed by atoms with Crippen molar-refractivity contribution in [3.63, 3.8) is 0 Å². The minimum absolute atomic E-state index is 0.166. The summed E-state index contributed by atoms with van der Waals surface area (Å²) in [7, 11) is 0. The summed E-state index contributed by atoms with van der Waals surface area (Å²) < 4.78 is 13.0. The molecule has 2 aromatic rings. The van der Waals surface area contributed by atoms with Gasteiger partial charge in [-0.2, -0.15) is 0 Å². The molecule has 0 spiro atoms. The number of nitrogens with two attached hydrogens (primary N) is 1. The second-order valence-corrected chi connectivity index (χ2v) is 4.15. The van der Waals surface area contributed by atoms with Gasteiger partial charge in [-0.15, -0.1) is 0 Å². The standard InChI is InChI=1S/C15H16FN/c16-15-3-1-2-13(10-15)7-4-12-5-8-14(11-17)9-6-12/h1-3,5-6,8-10H,4,7,11,17H2. The van der Waals surface area contributed by atoms with Gasteiger partial charge in [-0.1, -0.05) is 36.4 Å². The fourth-order valence-corrected chi connectivity index (χ4v) is 1.82. The number of hydrogen-bond donors (Lipinski definition) is 1. The first-order valence-corrected chi connectivity index (χ1v) is 5.80. The zero-order chi connectivity index (χ0) is 12.1. The van der Waals surface area contributed by atoms with Crippen molar-refractivity contribution in [2.24, 2.45) is 5.73 Å². The minimum Gasteiger partial charge on any atom is -0.326 e. The summed E-state index contributed by atoms with van der Waals surface area (Å²) in [5, 5.41) is 0. The van der Waals surface area contributed by atoms with Crippen molar-refractivity contribution in [2.75, 3.05) is 0 Å². The van der Waals surface area contributed by atoms with E-state index >= 15 is 0 Å². The molecule has 0 heterocycles. The molecule has 17 heavy (non-hydrogen) atoms. The van der Waals surface area contributed by atoms with Gasteiger partial charge >= 0.3 is 0 Å². The van der Waals surface area contributed by atoms with Crippen molar-refractivity contribution < 1.29 is 4.39 Å². The maximum atomic E-state index is 13.0. The van der Waals surface area contributed by atoms with E-state index in [0.29, 0.717) is 6.54 Å². The summed E-state index contributed by atoms with van der Waals surface area (Å²) in [5.74, 6) is -0.166. The number of halogens is 1. The topological polar surface area (TPSA) is 26.0 Å². The van der Waals surface area contributed by atoms with Crippen molar-refractivity contribution in [1.82, 2.24) is 0 Å². The lowest BCUT2D eigenvalue weighted by molar-refractivity contribution is 0.625. The normalized spacial score (nSPS) is 10.5. The fourth-order valence-electron chi connectivity index (χ4n) is 1.82. The number of aryl methyl sites for hydroxylation is 2. The van der Waals surface area contributed by atoms with Gasteiger partial charge in [0.25, 0.3) is 0 Å². The van der Waals surface area contributed by atoms with E-state index in [-0.39, 0.29) is 5.82 Å². The Bertz CT molecular complexity index is 477. The van der Waals surface area contributed by atoms with Gasteiger partial charge in [-0.25, -0.2) is 4.39 Å². The van der Waals surface area contributed by atoms with E-state index in [2.05, 4.69) is 12.1 Å². The Labute approximate surface area is 101 Å². The van der Waals surface area contributed by atoms with Crippen molar-refractivity contribution in [2.45, 2.75) is 19.4 Å². The highest BCUT2D eigenvalue weighted by molar-refractivity contribution is 5.24. The van der Waals surface area contributed by atoms with Crippen LogP contribution in [0.3, 0.4) is 0 Å². The van der Waals surface area contributed by atoms with Crippen LogP contribution in [-0.4, -0.2) is 0 Å². The molecule has 2 heteroatoms. The lowest BCUT2D eigenvalue weighted by atomic mass is 10.0. The molecule has 0 bridgehead atoms. The SMILES string of the molecule is NCc1ccc(CCc2cccc(F)c2)cc1. The molecule has 2 rings (SSSR count). The first-order chi connectivity index (χ1) is 8.28. The Morgan fingerprint density at radius 3 is 2.12 bits per heavy atom. The van der Waals surface area contributed by atoms with Gasteiger partial charge in [0.15, 0.2) is 0 Å². The monoisotopic (exact) mass is 229 g/mol. The third-order valence-electron chi connectivity index (χ3n) is 2.85. The zero-order valence-electron chi connectivity index (χ0n) is 9.70. The average molecular weight is 229 g/mol. The summed E-state index contributed by atoms with van der Waals surface area (Å²) in [6, 6.07) is 15.0. The Kier molecular flexibility index (Phi) is 3.89. The van der Waals surface area contributed by atoms with Crippen LogP contribution < -0.4 is 5.73 Å². The van der Waals surface area contributed by atoms with Gasteiger partial charge in [0.2, 0.25) is 0 Å². The molecule has 0 aliphatic rings. The van der Waals surface area contributed by atoms with Gasteiger partial charge in [-0.05, 0) is 41.7 Å². The summed E-state index contributed by atoms with van der Waals surface area (Å²) in [4.78, 5) is 0. The van der Waals surface area contributed by atoms with Crippen LogP contribution in [0, 0.1) is 5.82 Å². The molecule has 0 unspecified atom stereocenters. The van der Waals surface area contributed by atoms with E-state index in [1.165, 1.54) is 11.6 Å². The van der Waals surface area contributed by atoms with Gasteiger partial charge in [-0.3, -0.25) is 0 Å². The van der Waals surface area contributed by atoms with Crippen LogP contribution >= 0.6 is 0 Å². The lowest BCUT2D eigenvalue weighted by Gasteiger charge is -2.03. The minimum atomic E-state index is -0.166. The molecule has 2 aromatic carbocycles. The molecule has 0 saturated carbocycles. The lowest BCUT2D eigenvalue weighted by Crippen LogP contribution is -1.97. The highest BCUT2D eigenvalue weighted by atomic mass is 19.1. The third-order valence-corrected chi connectivity index (χ3v) is 2.85. The summed E-state index contributed by atoms with van der Waals surface area (Å²) in [6.45, 7) is 0.574. The number of benzene rings is 2. The Morgan fingerprint density at radius 1 is 0.824 bits per heavy atom. The number of rotatable bonds is 4. The molecule has 0 saturated heterocycles.